The fraction of sp³-hybridized carbons (Fsp3) is 0.310. The highest BCUT2D eigenvalue weighted by molar-refractivity contribution is 5.86. The number of nitrogens with zero attached hydrogens (tertiary/aromatic N) is 2. The van der Waals surface area contributed by atoms with Gasteiger partial charge in [0.05, 0.1) is 6.67 Å². The lowest BCUT2D eigenvalue weighted by molar-refractivity contribution is 0.103. The van der Waals surface area contributed by atoms with Crippen molar-refractivity contribution in [3.8, 4) is 0 Å². The van der Waals surface area contributed by atoms with Crippen molar-refractivity contribution < 1.29 is 0 Å². The molecule has 1 atom stereocenters. The third kappa shape index (κ3) is 3.98. The molecule has 2 nitrogen and oxygen atoms in total. The molecule has 0 aromatic heterocycles. The van der Waals surface area contributed by atoms with Crippen LogP contribution in [0.2, 0.25) is 0 Å². The van der Waals surface area contributed by atoms with E-state index < -0.39 is 0 Å². The van der Waals surface area contributed by atoms with Crippen molar-refractivity contribution in [3.63, 3.8) is 0 Å². The Hall–Kier alpha value is -2.68. The van der Waals surface area contributed by atoms with E-state index in [0.29, 0.717) is 6.04 Å². The first-order valence-electron chi connectivity index (χ1n) is 11.4. The van der Waals surface area contributed by atoms with Gasteiger partial charge >= 0.3 is 0 Å². The van der Waals surface area contributed by atoms with E-state index in [1.165, 1.54) is 32.7 Å². The summed E-state index contributed by atoms with van der Waals surface area (Å²) in [7, 11) is 0. The Bertz CT molecular complexity index is 1190. The number of fused-ring (bicyclic) bond motifs is 2. The molecule has 5 rings (SSSR count). The molecule has 1 fully saturated rings. The van der Waals surface area contributed by atoms with E-state index in [4.69, 9.17) is 0 Å². The monoisotopic (exact) mass is 408 g/mol. The highest BCUT2D eigenvalue weighted by Gasteiger charge is 2.36. The number of benzene rings is 4. The molecular formula is C29H32N2. The van der Waals surface area contributed by atoms with Crippen LogP contribution in [-0.2, 0) is 6.54 Å². The summed E-state index contributed by atoms with van der Waals surface area (Å²) in [5.41, 5.74) is 3.04. The molecule has 1 unspecified atom stereocenters. The fourth-order valence-corrected chi connectivity index (χ4v) is 5.38. The van der Waals surface area contributed by atoms with Crippen molar-refractivity contribution in [1.82, 2.24) is 9.80 Å². The van der Waals surface area contributed by atoms with Gasteiger partial charge in [-0.2, -0.15) is 0 Å². The zero-order valence-corrected chi connectivity index (χ0v) is 18.9. The van der Waals surface area contributed by atoms with Crippen LogP contribution in [0.15, 0.2) is 84.9 Å². The average Bonchev–Trinajstić information content (AvgIpc) is 3.21. The van der Waals surface area contributed by atoms with Gasteiger partial charge in [0.15, 0.2) is 0 Å². The molecule has 1 aliphatic heterocycles. The number of hydrogen-bond donors (Lipinski definition) is 0. The van der Waals surface area contributed by atoms with E-state index in [9.17, 15) is 0 Å². The molecule has 158 valence electrons. The molecule has 0 aliphatic carbocycles. The third-order valence-electron chi connectivity index (χ3n) is 6.66. The summed E-state index contributed by atoms with van der Waals surface area (Å²) < 4.78 is 0. The van der Waals surface area contributed by atoms with Crippen LogP contribution in [0, 0.1) is 5.41 Å². The molecule has 0 spiro atoms. The van der Waals surface area contributed by atoms with Crippen molar-refractivity contribution in [2.45, 2.75) is 33.4 Å². The third-order valence-corrected chi connectivity index (χ3v) is 6.66. The van der Waals surface area contributed by atoms with E-state index >= 15 is 0 Å². The molecule has 0 radical (unpaired) electrons. The van der Waals surface area contributed by atoms with Gasteiger partial charge in [-0.05, 0) is 38.1 Å². The van der Waals surface area contributed by atoms with Gasteiger partial charge < -0.3 is 0 Å². The fourth-order valence-electron chi connectivity index (χ4n) is 5.38. The molecule has 0 amide bonds. The SMILES string of the molecule is CC(C)(C)C(c1cccc2ccccc12)N1CCN(Cc2cccc3ccccc23)C1. The first kappa shape index (κ1) is 20.2. The first-order chi connectivity index (χ1) is 15.0. The summed E-state index contributed by atoms with van der Waals surface area (Å²) in [6.45, 7) is 11.4. The maximum absolute atomic E-state index is 2.69. The smallest absolute Gasteiger partial charge is 0.0516 e. The van der Waals surface area contributed by atoms with Crippen molar-refractivity contribution in [2.75, 3.05) is 19.8 Å². The van der Waals surface area contributed by atoms with Gasteiger partial charge in [0.25, 0.3) is 0 Å². The van der Waals surface area contributed by atoms with Gasteiger partial charge in [-0.25, -0.2) is 0 Å². The highest BCUT2D eigenvalue weighted by atomic mass is 15.4. The lowest BCUT2D eigenvalue weighted by Gasteiger charge is -2.39. The molecule has 1 saturated heterocycles. The predicted octanol–water partition coefficient (Wildman–Crippen LogP) is 6.86. The minimum absolute atomic E-state index is 0.152. The highest BCUT2D eigenvalue weighted by Crippen LogP contribution is 2.42. The maximum atomic E-state index is 2.69. The summed E-state index contributed by atoms with van der Waals surface area (Å²) in [6, 6.07) is 31.4. The molecule has 0 saturated carbocycles. The van der Waals surface area contributed by atoms with E-state index in [2.05, 4.69) is 116 Å². The predicted molar refractivity (Wildman–Crippen MR) is 132 cm³/mol. The van der Waals surface area contributed by atoms with Crippen molar-refractivity contribution in [1.29, 1.82) is 0 Å². The average molecular weight is 409 g/mol. The Labute approximate surface area is 186 Å². The topological polar surface area (TPSA) is 6.48 Å². The van der Waals surface area contributed by atoms with Crippen LogP contribution in [0.25, 0.3) is 21.5 Å². The second-order valence-corrected chi connectivity index (χ2v) is 9.98. The minimum atomic E-state index is 0.152. The zero-order valence-electron chi connectivity index (χ0n) is 18.9. The molecule has 2 heteroatoms. The van der Waals surface area contributed by atoms with E-state index in [1.54, 1.807) is 0 Å². The van der Waals surface area contributed by atoms with Crippen LogP contribution >= 0.6 is 0 Å². The van der Waals surface area contributed by atoms with Gasteiger partial charge in [-0.3, -0.25) is 9.80 Å². The quantitative estimate of drug-likeness (QED) is 0.364. The van der Waals surface area contributed by atoms with Gasteiger partial charge in [0.1, 0.15) is 0 Å². The first-order valence-corrected chi connectivity index (χ1v) is 11.4. The van der Waals surface area contributed by atoms with Gasteiger partial charge in [-0.1, -0.05) is 106 Å². The van der Waals surface area contributed by atoms with Crippen LogP contribution in [0.4, 0.5) is 0 Å². The van der Waals surface area contributed by atoms with Crippen LogP contribution < -0.4 is 0 Å². The Balaban J connectivity index is 1.43. The van der Waals surface area contributed by atoms with Crippen molar-refractivity contribution in [2.24, 2.45) is 5.41 Å². The van der Waals surface area contributed by atoms with Crippen molar-refractivity contribution >= 4 is 21.5 Å². The van der Waals surface area contributed by atoms with Crippen LogP contribution in [0.5, 0.6) is 0 Å². The minimum Gasteiger partial charge on any atom is -0.285 e. The second-order valence-electron chi connectivity index (χ2n) is 9.98. The molecule has 0 bridgehead atoms. The lowest BCUT2D eigenvalue weighted by Crippen LogP contribution is -2.36. The standard InChI is InChI=1S/C29H32N2/c1-29(2,3)28(27-17-9-13-23-11-5-7-16-26(23)27)31-19-18-30(21-31)20-24-14-8-12-22-10-4-6-15-25(22)24/h4-17,28H,18-21H2,1-3H3. The molecule has 1 heterocycles. The Morgan fingerprint density at radius 3 is 2.06 bits per heavy atom. The Morgan fingerprint density at radius 2 is 1.32 bits per heavy atom. The molecular weight excluding hydrogens is 376 g/mol. The number of hydrogen-bond acceptors (Lipinski definition) is 2. The summed E-state index contributed by atoms with van der Waals surface area (Å²) in [5.74, 6) is 0. The summed E-state index contributed by atoms with van der Waals surface area (Å²) in [5, 5.41) is 5.43. The summed E-state index contributed by atoms with van der Waals surface area (Å²) in [4.78, 5) is 5.29. The summed E-state index contributed by atoms with van der Waals surface area (Å²) >= 11 is 0. The maximum Gasteiger partial charge on any atom is 0.0516 e. The van der Waals surface area contributed by atoms with Crippen LogP contribution in [-0.4, -0.2) is 29.6 Å². The van der Waals surface area contributed by atoms with E-state index in [0.717, 1.165) is 26.3 Å². The van der Waals surface area contributed by atoms with Crippen molar-refractivity contribution in [3.05, 3.63) is 96.1 Å². The Morgan fingerprint density at radius 1 is 0.710 bits per heavy atom. The molecule has 4 aromatic carbocycles. The summed E-state index contributed by atoms with van der Waals surface area (Å²) in [6.07, 6.45) is 0. The molecule has 1 aliphatic rings. The van der Waals surface area contributed by atoms with Gasteiger partial charge in [0, 0.05) is 25.7 Å². The van der Waals surface area contributed by atoms with Crippen LogP contribution in [0.1, 0.15) is 37.9 Å². The zero-order chi connectivity index (χ0) is 21.4. The normalized spacial score (nSPS) is 16.9. The van der Waals surface area contributed by atoms with Gasteiger partial charge in [0.2, 0.25) is 0 Å². The molecule has 31 heavy (non-hydrogen) atoms. The lowest BCUT2D eigenvalue weighted by atomic mass is 9.80. The van der Waals surface area contributed by atoms with Crippen LogP contribution in [0.3, 0.4) is 0 Å². The largest absolute Gasteiger partial charge is 0.285 e. The molecule has 4 aromatic rings. The second kappa shape index (κ2) is 8.11. The van der Waals surface area contributed by atoms with Gasteiger partial charge in [-0.15, -0.1) is 0 Å². The number of rotatable bonds is 4. The van der Waals surface area contributed by atoms with E-state index in [1.807, 2.05) is 0 Å². The molecule has 0 N–H and O–H groups in total. The van der Waals surface area contributed by atoms with E-state index in [-0.39, 0.29) is 5.41 Å². The Kier molecular flexibility index (Phi) is 5.29.